The fourth-order valence-corrected chi connectivity index (χ4v) is 2.25. The second-order valence-electron chi connectivity index (χ2n) is 4.79. The number of benzene rings is 2. The molecule has 1 aliphatic rings. The van der Waals surface area contributed by atoms with Crippen molar-refractivity contribution in [1.82, 2.24) is 0 Å². The van der Waals surface area contributed by atoms with Gasteiger partial charge in [0.25, 0.3) is 0 Å². The van der Waals surface area contributed by atoms with E-state index in [1.165, 1.54) is 24.3 Å². The smallest absolute Gasteiger partial charge is 0.154 e. The highest BCUT2D eigenvalue weighted by atomic mass is 19.1. The zero-order chi connectivity index (χ0) is 15.5. The van der Waals surface area contributed by atoms with E-state index in [-0.39, 0.29) is 12.4 Å². The highest BCUT2D eigenvalue weighted by molar-refractivity contribution is 6.16. The van der Waals surface area contributed by atoms with E-state index in [0.717, 1.165) is 0 Å². The van der Waals surface area contributed by atoms with Crippen molar-refractivity contribution in [3.8, 4) is 5.75 Å². The standard InChI is InChI=1S/C18H13FO3/c1-12-11-21-17-5-3-2-4-15(17)18(22-12)16(10-20)13-6-8-14(19)9-7-13/h2-10H,1,11H2/b18-16-. The third-order valence-electron chi connectivity index (χ3n) is 3.28. The number of para-hydroxylation sites is 1. The Kier molecular flexibility index (Phi) is 3.74. The van der Waals surface area contributed by atoms with E-state index < -0.39 is 0 Å². The van der Waals surface area contributed by atoms with Crippen LogP contribution in [0.2, 0.25) is 0 Å². The van der Waals surface area contributed by atoms with Gasteiger partial charge in [0.05, 0.1) is 11.1 Å². The van der Waals surface area contributed by atoms with Crippen LogP contribution in [-0.4, -0.2) is 12.9 Å². The van der Waals surface area contributed by atoms with Crippen molar-refractivity contribution in [2.24, 2.45) is 0 Å². The van der Waals surface area contributed by atoms with Crippen molar-refractivity contribution >= 4 is 17.6 Å². The van der Waals surface area contributed by atoms with Gasteiger partial charge < -0.3 is 9.47 Å². The summed E-state index contributed by atoms with van der Waals surface area (Å²) in [6.07, 6.45) is 0.692. The van der Waals surface area contributed by atoms with E-state index in [0.29, 0.717) is 40.3 Å². The maximum Gasteiger partial charge on any atom is 0.154 e. The SMILES string of the molecule is C=C1COc2ccccc2/C(=C(\C=O)c2ccc(F)cc2)O1. The van der Waals surface area contributed by atoms with Gasteiger partial charge in [-0.1, -0.05) is 30.8 Å². The van der Waals surface area contributed by atoms with Crippen molar-refractivity contribution in [2.75, 3.05) is 6.61 Å². The van der Waals surface area contributed by atoms with Gasteiger partial charge in [-0.3, -0.25) is 4.79 Å². The predicted molar refractivity (Wildman–Crippen MR) is 81.4 cm³/mol. The van der Waals surface area contributed by atoms with Crippen molar-refractivity contribution in [3.05, 3.63) is 77.8 Å². The molecule has 4 heteroatoms. The molecule has 0 radical (unpaired) electrons. The maximum absolute atomic E-state index is 13.1. The Morgan fingerprint density at radius 1 is 1.14 bits per heavy atom. The van der Waals surface area contributed by atoms with Crippen LogP contribution in [0.1, 0.15) is 11.1 Å². The van der Waals surface area contributed by atoms with Gasteiger partial charge in [-0.25, -0.2) is 4.39 Å². The number of hydrogen-bond donors (Lipinski definition) is 0. The molecule has 0 unspecified atom stereocenters. The number of aldehydes is 1. The monoisotopic (exact) mass is 296 g/mol. The molecular formula is C18H13FO3. The van der Waals surface area contributed by atoms with Gasteiger partial charge in [-0.2, -0.15) is 0 Å². The number of carbonyl (C=O) groups excluding carboxylic acids is 1. The van der Waals surface area contributed by atoms with Crippen LogP contribution in [0.25, 0.3) is 11.3 Å². The molecule has 3 nitrogen and oxygen atoms in total. The molecule has 2 aromatic rings. The van der Waals surface area contributed by atoms with E-state index in [1.54, 1.807) is 12.1 Å². The summed E-state index contributed by atoms with van der Waals surface area (Å²) in [6.45, 7) is 3.98. The largest absolute Gasteiger partial charge is 0.485 e. The minimum absolute atomic E-state index is 0.204. The molecule has 1 aliphatic heterocycles. The van der Waals surface area contributed by atoms with E-state index in [9.17, 15) is 9.18 Å². The van der Waals surface area contributed by atoms with Crippen molar-refractivity contribution in [1.29, 1.82) is 0 Å². The van der Waals surface area contributed by atoms with Gasteiger partial charge in [0, 0.05) is 0 Å². The minimum atomic E-state index is -0.367. The number of ether oxygens (including phenoxy) is 2. The molecule has 3 rings (SSSR count). The molecule has 0 saturated carbocycles. The molecular weight excluding hydrogens is 283 g/mol. The van der Waals surface area contributed by atoms with Gasteiger partial charge >= 0.3 is 0 Å². The summed E-state index contributed by atoms with van der Waals surface area (Å²) in [5.41, 5.74) is 1.54. The first-order chi connectivity index (χ1) is 10.7. The lowest BCUT2D eigenvalue weighted by Crippen LogP contribution is -1.99. The Labute approximate surface area is 127 Å². The third kappa shape index (κ3) is 2.63. The van der Waals surface area contributed by atoms with Gasteiger partial charge in [0.2, 0.25) is 0 Å². The first-order valence-corrected chi connectivity index (χ1v) is 6.72. The van der Waals surface area contributed by atoms with Crippen LogP contribution in [0.15, 0.2) is 60.9 Å². The molecule has 110 valence electrons. The average molecular weight is 296 g/mol. The first-order valence-electron chi connectivity index (χ1n) is 6.72. The second kappa shape index (κ2) is 5.85. The zero-order valence-electron chi connectivity index (χ0n) is 11.7. The number of halogens is 1. The lowest BCUT2D eigenvalue weighted by atomic mass is 10.0. The molecule has 2 aromatic carbocycles. The summed E-state index contributed by atoms with van der Waals surface area (Å²) in [6, 6.07) is 12.9. The Hall–Kier alpha value is -2.88. The van der Waals surface area contributed by atoms with Crippen molar-refractivity contribution < 1.29 is 18.7 Å². The van der Waals surface area contributed by atoms with E-state index in [1.807, 2.05) is 12.1 Å². The number of rotatable bonds is 2. The number of hydrogen-bond acceptors (Lipinski definition) is 3. The molecule has 0 saturated heterocycles. The lowest BCUT2D eigenvalue weighted by Gasteiger charge is -2.12. The maximum atomic E-state index is 13.1. The summed E-state index contributed by atoms with van der Waals surface area (Å²) in [5.74, 6) is 0.999. The molecule has 0 N–H and O–H groups in total. The van der Waals surface area contributed by atoms with E-state index >= 15 is 0 Å². The predicted octanol–water partition coefficient (Wildman–Crippen LogP) is 3.82. The Bertz CT molecular complexity index is 760. The Balaban J connectivity index is 2.22. The Morgan fingerprint density at radius 2 is 1.86 bits per heavy atom. The summed E-state index contributed by atoms with van der Waals surface area (Å²) in [5, 5.41) is 0. The van der Waals surface area contributed by atoms with Crippen LogP contribution in [0.4, 0.5) is 4.39 Å². The fourth-order valence-electron chi connectivity index (χ4n) is 2.25. The lowest BCUT2D eigenvalue weighted by molar-refractivity contribution is -0.103. The van der Waals surface area contributed by atoms with E-state index in [4.69, 9.17) is 9.47 Å². The third-order valence-corrected chi connectivity index (χ3v) is 3.28. The first kappa shape index (κ1) is 14.1. The van der Waals surface area contributed by atoms with Gasteiger partial charge in [0.1, 0.15) is 29.7 Å². The molecule has 0 atom stereocenters. The fraction of sp³-hybridized carbons (Fsp3) is 0.0556. The van der Waals surface area contributed by atoms with Crippen LogP contribution < -0.4 is 4.74 Å². The summed E-state index contributed by atoms with van der Waals surface area (Å²) in [4.78, 5) is 11.6. The van der Waals surface area contributed by atoms with Crippen LogP contribution in [0.5, 0.6) is 5.75 Å². The van der Waals surface area contributed by atoms with Crippen molar-refractivity contribution in [3.63, 3.8) is 0 Å². The molecule has 0 bridgehead atoms. The minimum Gasteiger partial charge on any atom is -0.485 e. The molecule has 1 heterocycles. The normalized spacial score (nSPS) is 16.0. The molecule has 0 spiro atoms. The second-order valence-corrected chi connectivity index (χ2v) is 4.79. The topological polar surface area (TPSA) is 35.5 Å². The van der Waals surface area contributed by atoms with E-state index in [2.05, 4.69) is 6.58 Å². The molecule has 0 amide bonds. The van der Waals surface area contributed by atoms with Crippen LogP contribution in [0.3, 0.4) is 0 Å². The highest BCUT2D eigenvalue weighted by Crippen LogP contribution is 2.36. The number of allylic oxidation sites excluding steroid dienone is 1. The Morgan fingerprint density at radius 3 is 2.59 bits per heavy atom. The molecule has 0 aliphatic carbocycles. The highest BCUT2D eigenvalue weighted by Gasteiger charge is 2.21. The molecule has 0 aromatic heterocycles. The van der Waals surface area contributed by atoms with Crippen molar-refractivity contribution in [2.45, 2.75) is 0 Å². The van der Waals surface area contributed by atoms with Gasteiger partial charge in [0.15, 0.2) is 6.29 Å². The summed E-state index contributed by atoms with van der Waals surface area (Å²) in [7, 11) is 0. The van der Waals surface area contributed by atoms with Crippen LogP contribution in [0, 0.1) is 5.82 Å². The summed E-state index contributed by atoms with van der Waals surface area (Å²) >= 11 is 0. The van der Waals surface area contributed by atoms with Gasteiger partial charge in [-0.05, 0) is 29.8 Å². The zero-order valence-corrected chi connectivity index (χ0v) is 11.7. The van der Waals surface area contributed by atoms with Crippen LogP contribution in [-0.2, 0) is 9.53 Å². The van der Waals surface area contributed by atoms with Crippen LogP contribution >= 0.6 is 0 Å². The average Bonchev–Trinajstić information content (AvgIpc) is 2.70. The quantitative estimate of drug-likeness (QED) is 0.624. The summed E-state index contributed by atoms with van der Waals surface area (Å²) < 4.78 is 24.4. The number of carbonyl (C=O) groups is 1. The molecule has 0 fully saturated rings. The number of fused-ring (bicyclic) bond motifs is 1. The van der Waals surface area contributed by atoms with Gasteiger partial charge in [-0.15, -0.1) is 0 Å². The molecule has 22 heavy (non-hydrogen) atoms.